The Bertz CT molecular complexity index is 444. The molecule has 0 atom stereocenters. The van der Waals surface area contributed by atoms with E-state index in [1.54, 1.807) is 12.1 Å². The third-order valence-electron chi connectivity index (χ3n) is 2.44. The number of halogens is 3. The molecule has 0 heterocycles. The Morgan fingerprint density at radius 2 is 2.00 bits per heavy atom. The van der Waals surface area contributed by atoms with Gasteiger partial charge >= 0.3 is 0 Å². The highest BCUT2D eigenvalue weighted by Crippen LogP contribution is 2.34. The molecule has 19 heavy (non-hydrogen) atoms. The van der Waals surface area contributed by atoms with E-state index in [9.17, 15) is 4.79 Å². The van der Waals surface area contributed by atoms with Crippen LogP contribution in [0.5, 0.6) is 5.75 Å². The van der Waals surface area contributed by atoms with Gasteiger partial charge in [-0.05, 0) is 41.3 Å². The summed E-state index contributed by atoms with van der Waals surface area (Å²) >= 11 is 15.3. The Kier molecular flexibility index (Phi) is 7.53. The number of hydrogen-bond acceptors (Lipinski definition) is 3. The molecule has 1 rings (SSSR count). The summed E-state index contributed by atoms with van der Waals surface area (Å²) in [6.45, 7) is 0.530. The van der Waals surface area contributed by atoms with Gasteiger partial charge in [-0.15, -0.1) is 0 Å². The Morgan fingerprint density at radius 3 is 2.68 bits per heavy atom. The number of amides is 1. The number of hydrogen-bond donors (Lipinski definition) is 2. The van der Waals surface area contributed by atoms with Gasteiger partial charge in [-0.25, -0.2) is 5.84 Å². The first kappa shape index (κ1) is 16.6. The van der Waals surface area contributed by atoms with Crippen molar-refractivity contribution in [3.05, 3.63) is 26.7 Å². The quantitative estimate of drug-likeness (QED) is 0.253. The van der Waals surface area contributed by atoms with Crippen molar-refractivity contribution >= 4 is 45.0 Å². The second-order valence-corrected chi connectivity index (χ2v) is 5.59. The van der Waals surface area contributed by atoms with Gasteiger partial charge in [0.1, 0.15) is 5.75 Å². The molecule has 106 valence electrons. The van der Waals surface area contributed by atoms with Gasteiger partial charge in [0.15, 0.2) is 0 Å². The van der Waals surface area contributed by atoms with Crippen molar-refractivity contribution < 1.29 is 9.53 Å². The molecule has 0 spiro atoms. The molecule has 0 aromatic heterocycles. The maximum absolute atomic E-state index is 10.9. The van der Waals surface area contributed by atoms with Crippen molar-refractivity contribution in [1.29, 1.82) is 0 Å². The van der Waals surface area contributed by atoms with Crippen LogP contribution in [0.4, 0.5) is 0 Å². The molecule has 0 unspecified atom stereocenters. The minimum atomic E-state index is -0.149. The van der Waals surface area contributed by atoms with Crippen LogP contribution in [-0.4, -0.2) is 12.5 Å². The van der Waals surface area contributed by atoms with Crippen molar-refractivity contribution in [2.45, 2.75) is 25.7 Å². The lowest BCUT2D eigenvalue weighted by atomic mass is 10.2. The van der Waals surface area contributed by atoms with Crippen molar-refractivity contribution in [3.63, 3.8) is 0 Å². The number of nitrogens with one attached hydrogen (secondary N) is 1. The van der Waals surface area contributed by atoms with Gasteiger partial charge in [-0.3, -0.25) is 10.2 Å². The van der Waals surface area contributed by atoms with E-state index in [1.807, 2.05) is 0 Å². The van der Waals surface area contributed by atoms with Crippen LogP contribution in [-0.2, 0) is 4.79 Å². The number of carbonyl (C=O) groups excluding carboxylic acids is 1. The molecule has 0 saturated carbocycles. The van der Waals surface area contributed by atoms with Crippen LogP contribution in [0, 0.1) is 0 Å². The molecular weight excluding hydrogens is 355 g/mol. The summed E-state index contributed by atoms with van der Waals surface area (Å²) in [5.74, 6) is 5.39. The standard InChI is InChI=1S/C12H15BrCl2N2O2/c13-8-6-10(15)11(7-9(8)14)19-5-3-1-2-4-12(18)17-16/h6-7H,1-5,16H2,(H,17,18). The normalized spacial score (nSPS) is 10.3. The summed E-state index contributed by atoms with van der Waals surface area (Å²) in [7, 11) is 0. The lowest BCUT2D eigenvalue weighted by Crippen LogP contribution is -2.29. The van der Waals surface area contributed by atoms with Gasteiger partial charge in [0.05, 0.1) is 16.7 Å². The van der Waals surface area contributed by atoms with E-state index >= 15 is 0 Å². The number of benzene rings is 1. The molecule has 1 aromatic carbocycles. The maximum Gasteiger partial charge on any atom is 0.233 e. The minimum Gasteiger partial charge on any atom is -0.492 e. The molecule has 1 aromatic rings. The van der Waals surface area contributed by atoms with Crippen LogP contribution in [0.1, 0.15) is 25.7 Å². The first-order valence-electron chi connectivity index (χ1n) is 5.81. The number of unbranched alkanes of at least 4 members (excludes halogenated alkanes) is 2. The van der Waals surface area contributed by atoms with Gasteiger partial charge in [0.2, 0.25) is 5.91 Å². The van der Waals surface area contributed by atoms with Gasteiger partial charge in [-0.2, -0.15) is 0 Å². The summed E-state index contributed by atoms with van der Waals surface area (Å²) in [5, 5.41) is 1.07. The molecule has 4 nitrogen and oxygen atoms in total. The SMILES string of the molecule is NNC(=O)CCCCCOc1cc(Cl)c(Br)cc1Cl. The molecule has 0 radical (unpaired) electrons. The monoisotopic (exact) mass is 368 g/mol. The number of hydrazine groups is 1. The third kappa shape index (κ3) is 5.99. The van der Waals surface area contributed by atoms with Crippen molar-refractivity contribution in [2.75, 3.05) is 6.61 Å². The highest BCUT2D eigenvalue weighted by molar-refractivity contribution is 9.10. The Labute approximate surface area is 130 Å². The largest absolute Gasteiger partial charge is 0.492 e. The second kappa shape index (κ2) is 8.64. The van der Waals surface area contributed by atoms with E-state index in [0.717, 1.165) is 23.7 Å². The van der Waals surface area contributed by atoms with Gasteiger partial charge < -0.3 is 4.74 Å². The van der Waals surface area contributed by atoms with Crippen LogP contribution < -0.4 is 16.0 Å². The molecule has 0 aliphatic rings. The fourth-order valence-electron chi connectivity index (χ4n) is 1.43. The van der Waals surface area contributed by atoms with Crippen LogP contribution in [0.25, 0.3) is 0 Å². The molecule has 0 bridgehead atoms. The summed E-state index contributed by atoms with van der Waals surface area (Å²) in [4.78, 5) is 10.9. The second-order valence-electron chi connectivity index (χ2n) is 3.92. The summed E-state index contributed by atoms with van der Waals surface area (Å²) < 4.78 is 6.28. The smallest absolute Gasteiger partial charge is 0.233 e. The molecule has 0 fully saturated rings. The molecular formula is C12H15BrCl2N2O2. The zero-order valence-electron chi connectivity index (χ0n) is 10.2. The van der Waals surface area contributed by atoms with E-state index in [0.29, 0.717) is 28.8 Å². The van der Waals surface area contributed by atoms with Crippen LogP contribution in [0.3, 0.4) is 0 Å². The fraction of sp³-hybridized carbons (Fsp3) is 0.417. The van der Waals surface area contributed by atoms with E-state index < -0.39 is 0 Å². The van der Waals surface area contributed by atoms with Gasteiger partial charge in [0, 0.05) is 17.0 Å². The predicted molar refractivity (Wildman–Crippen MR) is 80.5 cm³/mol. The zero-order valence-corrected chi connectivity index (χ0v) is 13.3. The molecule has 1 amide bonds. The summed E-state index contributed by atoms with van der Waals surface area (Å²) in [5.41, 5.74) is 2.09. The molecule has 0 aliphatic heterocycles. The van der Waals surface area contributed by atoms with Crippen LogP contribution in [0.15, 0.2) is 16.6 Å². The first-order chi connectivity index (χ1) is 9.04. The Morgan fingerprint density at radius 1 is 1.26 bits per heavy atom. The zero-order chi connectivity index (χ0) is 14.3. The summed E-state index contributed by atoms with van der Waals surface area (Å²) in [6.07, 6.45) is 2.93. The first-order valence-corrected chi connectivity index (χ1v) is 7.36. The highest BCUT2D eigenvalue weighted by atomic mass is 79.9. The van der Waals surface area contributed by atoms with E-state index in [2.05, 4.69) is 21.4 Å². The summed E-state index contributed by atoms with van der Waals surface area (Å²) in [6, 6.07) is 3.38. The highest BCUT2D eigenvalue weighted by Gasteiger charge is 2.06. The van der Waals surface area contributed by atoms with E-state index in [1.165, 1.54) is 0 Å². The lowest BCUT2D eigenvalue weighted by molar-refractivity contribution is -0.121. The van der Waals surface area contributed by atoms with Gasteiger partial charge in [-0.1, -0.05) is 23.2 Å². The molecule has 0 aliphatic carbocycles. The predicted octanol–water partition coefficient (Wildman–Crippen LogP) is 3.69. The van der Waals surface area contributed by atoms with Crippen molar-refractivity contribution in [3.8, 4) is 5.75 Å². The number of nitrogens with two attached hydrogens (primary N) is 1. The Balaban J connectivity index is 2.26. The van der Waals surface area contributed by atoms with Gasteiger partial charge in [0.25, 0.3) is 0 Å². The Hall–Kier alpha value is -0.490. The average molecular weight is 370 g/mol. The van der Waals surface area contributed by atoms with Crippen LogP contribution in [0.2, 0.25) is 10.0 Å². The third-order valence-corrected chi connectivity index (χ3v) is 3.93. The number of rotatable bonds is 7. The fourth-order valence-corrected chi connectivity index (χ4v) is 2.28. The van der Waals surface area contributed by atoms with Crippen molar-refractivity contribution in [2.24, 2.45) is 5.84 Å². The lowest BCUT2D eigenvalue weighted by Gasteiger charge is -2.09. The van der Waals surface area contributed by atoms with E-state index in [-0.39, 0.29) is 5.91 Å². The molecule has 3 N–H and O–H groups in total. The average Bonchev–Trinajstić information content (AvgIpc) is 2.38. The number of ether oxygens (including phenoxy) is 1. The molecule has 7 heteroatoms. The molecule has 0 saturated heterocycles. The number of carbonyl (C=O) groups is 1. The van der Waals surface area contributed by atoms with Crippen LogP contribution >= 0.6 is 39.1 Å². The minimum absolute atomic E-state index is 0.149. The maximum atomic E-state index is 10.9. The van der Waals surface area contributed by atoms with E-state index in [4.69, 9.17) is 33.8 Å². The topological polar surface area (TPSA) is 64.3 Å². The van der Waals surface area contributed by atoms with Crippen molar-refractivity contribution in [1.82, 2.24) is 5.43 Å².